The molecule has 0 amide bonds. The Labute approximate surface area is 118 Å². The van der Waals surface area contributed by atoms with Crippen LogP contribution in [0.2, 0.25) is 0 Å². The Morgan fingerprint density at radius 1 is 1.35 bits per heavy atom. The molecule has 0 aliphatic carbocycles. The number of aryl methyl sites for hydroxylation is 1. The molecule has 2 rings (SSSR count). The summed E-state index contributed by atoms with van der Waals surface area (Å²) in [6.45, 7) is 3.31. The summed E-state index contributed by atoms with van der Waals surface area (Å²) >= 11 is 0. The lowest BCUT2D eigenvalue weighted by Gasteiger charge is -2.06. The quantitative estimate of drug-likeness (QED) is 0.819. The predicted octanol–water partition coefficient (Wildman–Crippen LogP) is 2.31. The van der Waals surface area contributed by atoms with Crippen LogP contribution < -0.4 is 5.32 Å². The van der Waals surface area contributed by atoms with Crippen molar-refractivity contribution in [1.29, 1.82) is 0 Å². The van der Waals surface area contributed by atoms with Crippen molar-refractivity contribution in [3.05, 3.63) is 53.2 Å². The fourth-order valence-electron chi connectivity index (χ4n) is 1.94. The zero-order valence-electron chi connectivity index (χ0n) is 11.7. The van der Waals surface area contributed by atoms with E-state index in [-0.39, 0.29) is 5.76 Å². The molecule has 5 heteroatoms. The van der Waals surface area contributed by atoms with Crippen LogP contribution in [0.1, 0.15) is 34.5 Å². The van der Waals surface area contributed by atoms with Crippen LogP contribution in [0.5, 0.6) is 0 Å². The first-order valence-electron chi connectivity index (χ1n) is 6.55. The molecule has 1 N–H and O–H groups in total. The zero-order valence-corrected chi connectivity index (χ0v) is 11.7. The number of hydrogen-bond acceptors (Lipinski definition) is 5. The van der Waals surface area contributed by atoms with Gasteiger partial charge in [0.25, 0.3) is 0 Å². The number of pyridine rings is 1. The summed E-state index contributed by atoms with van der Waals surface area (Å²) in [7, 11) is 1.33. The van der Waals surface area contributed by atoms with Crippen LogP contribution in [0.4, 0.5) is 0 Å². The molecule has 0 saturated heterocycles. The van der Waals surface area contributed by atoms with Gasteiger partial charge in [0.05, 0.1) is 19.3 Å². The molecule has 0 fully saturated rings. The van der Waals surface area contributed by atoms with Crippen molar-refractivity contribution in [2.75, 3.05) is 7.11 Å². The van der Waals surface area contributed by atoms with E-state index >= 15 is 0 Å². The normalized spacial score (nSPS) is 10.5. The number of ether oxygens (including phenoxy) is 1. The summed E-state index contributed by atoms with van der Waals surface area (Å²) in [5, 5.41) is 3.25. The fraction of sp³-hybridized carbons (Fsp3) is 0.333. The van der Waals surface area contributed by atoms with Gasteiger partial charge >= 0.3 is 5.97 Å². The molecule has 0 unspecified atom stereocenters. The number of methoxy groups -OCH3 is 1. The third-order valence-corrected chi connectivity index (χ3v) is 3.01. The van der Waals surface area contributed by atoms with E-state index in [0.29, 0.717) is 18.8 Å². The number of nitrogens with zero attached hydrogens (tertiary/aromatic N) is 1. The molecule has 2 aromatic heterocycles. The van der Waals surface area contributed by atoms with E-state index in [4.69, 9.17) is 4.42 Å². The highest BCUT2D eigenvalue weighted by atomic mass is 16.5. The van der Waals surface area contributed by atoms with Crippen molar-refractivity contribution >= 4 is 5.97 Å². The van der Waals surface area contributed by atoms with Gasteiger partial charge in [-0.05, 0) is 30.2 Å². The third-order valence-electron chi connectivity index (χ3n) is 3.01. The Morgan fingerprint density at radius 3 is 2.95 bits per heavy atom. The highest BCUT2D eigenvalue weighted by Gasteiger charge is 2.10. The SMILES string of the molecule is CCc1cccnc1CNCc1ccc(C(=O)OC)o1. The smallest absolute Gasteiger partial charge is 0.373 e. The van der Waals surface area contributed by atoms with Crippen LogP contribution in [-0.4, -0.2) is 18.1 Å². The molecule has 20 heavy (non-hydrogen) atoms. The molecule has 5 nitrogen and oxygen atoms in total. The Morgan fingerprint density at radius 2 is 2.20 bits per heavy atom. The largest absolute Gasteiger partial charge is 0.463 e. The van der Waals surface area contributed by atoms with E-state index in [1.165, 1.54) is 12.7 Å². The molecule has 106 valence electrons. The van der Waals surface area contributed by atoms with Gasteiger partial charge in [-0.2, -0.15) is 0 Å². The van der Waals surface area contributed by atoms with Crippen molar-refractivity contribution in [3.63, 3.8) is 0 Å². The van der Waals surface area contributed by atoms with Crippen molar-refractivity contribution in [2.24, 2.45) is 0 Å². The molecule has 0 radical (unpaired) electrons. The number of nitrogens with one attached hydrogen (secondary N) is 1. The number of hydrogen-bond donors (Lipinski definition) is 1. The minimum Gasteiger partial charge on any atom is -0.463 e. The summed E-state index contributed by atoms with van der Waals surface area (Å²) in [5.74, 6) is 0.449. The molecular formula is C15H18N2O3. The van der Waals surface area contributed by atoms with Crippen molar-refractivity contribution in [1.82, 2.24) is 10.3 Å². The molecule has 0 bridgehead atoms. The molecule has 0 aliphatic heterocycles. The van der Waals surface area contributed by atoms with Crippen LogP contribution in [0, 0.1) is 0 Å². The Hall–Kier alpha value is -2.14. The Bertz CT molecular complexity index is 578. The van der Waals surface area contributed by atoms with Crippen LogP contribution in [-0.2, 0) is 24.2 Å². The minimum absolute atomic E-state index is 0.219. The molecule has 0 aliphatic rings. The van der Waals surface area contributed by atoms with E-state index in [0.717, 1.165) is 12.1 Å². The lowest BCUT2D eigenvalue weighted by atomic mass is 10.1. The van der Waals surface area contributed by atoms with Crippen LogP contribution in [0.15, 0.2) is 34.9 Å². The first kappa shape index (κ1) is 14.3. The first-order chi connectivity index (χ1) is 9.74. The van der Waals surface area contributed by atoms with Gasteiger partial charge in [-0.3, -0.25) is 4.98 Å². The van der Waals surface area contributed by atoms with Crippen molar-refractivity contribution < 1.29 is 13.9 Å². The lowest BCUT2D eigenvalue weighted by Crippen LogP contribution is -2.14. The number of aromatic nitrogens is 1. The van der Waals surface area contributed by atoms with Gasteiger partial charge in [0.1, 0.15) is 5.76 Å². The van der Waals surface area contributed by atoms with E-state index < -0.39 is 5.97 Å². The molecule has 2 aromatic rings. The van der Waals surface area contributed by atoms with Gasteiger partial charge in [0.15, 0.2) is 0 Å². The summed E-state index contributed by atoms with van der Waals surface area (Å²) in [6.07, 6.45) is 2.75. The average molecular weight is 274 g/mol. The maximum Gasteiger partial charge on any atom is 0.373 e. The van der Waals surface area contributed by atoms with Gasteiger partial charge in [0, 0.05) is 12.7 Å². The van der Waals surface area contributed by atoms with E-state index in [9.17, 15) is 4.79 Å². The molecule has 0 aromatic carbocycles. The monoisotopic (exact) mass is 274 g/mol. The highest BCUT2D eigenvalue weighted by molar-refractivity contribution is 5.86. The summed E-state index contributed by atoms with van der Waals surface area (Å²) in [5.41, 5.74) is 2.27. The summed E-state index contributed by atoms with van der Waals surface area (Å²) in [4.78, 5) is 15.6. The number of furan rings is 1. The average Bonchev–Trinajstić information content (AvgIpc) is 2.96. The van der Waals surface area contributed by atoms with Gasteiger partial charge in [-0.25, -0.2) is 4.79 Å². The second-order valence-electron chi connectivity index (χ2n) is 4.32. The molecule has 0 saturated carbocycles. The van der Waals surface area contributed by atoms with Crippen LogP contribution in [0.3, 0.4) is 0 Å². The second-order valence-corrected chi connectivity index (χ2v) is 4.32. The van der Waals surface area contributed by atoms with Gasteiger partial charge in [-0.15, -0.1) is 0 Å². The first-order valence-corrected chi connectivity index (χ1v) is 6.55. The van der Waals surface area contributed by atoms with Gasteiger partial charge < -0.3 is 14.5 Å². The maximum absolute atomic E-state index is 11.3. The number of rotatable bonds is 6. The lowest BCUT2D eigenvalue weighted by molar-refractivity contribution is 0.0563. The van der Waals surface area contributed by atoms with Gasteiger partial charge in [0.2, 0.25) is 5.76 Å². The molecule has 0 spiro atoms. The van der Waals surface area contributed by atoms with E-state index in [2.05, 4.69) is 28.0 Å². The molecule has 2 heterocycles. The number of esters is 1. The predicted molar refractivity (Wildman–Crippen MR) is 74.2 cm³/mol. The van der Waals surface area contributed by atoms with Gasteiger partial charge in [-0.1, -0.05) is 13.0 Å². The fourth-order valence-corrected chi connectivity index (χ4v) is 1.94. The standard InChI is InChI=1S/C15H18N2O3/c1-3-11-5-4-8-17-13(11)10-16-9-12-6-7-14(20-12)15(18)19-2/h4-8,16H,3,9-10H2,1-2H3. The third kappa shape index (κ3) is 3.45. The molecular weight excluding hydrogens is 256 g/mol. The topological polar surface area (TPSA) is 64.4 Å². The summed E-state index contributed by atoms with van der Waals surface area (Å²) < 4.78 is 9.96. The maximum atomic E-state index is 11.3. The van der Waals surface area contributed by atoms with E-state index in [1.54, 1.807) is 18.3 Å². The van der Waals surface area contributed by atoms with Crippen molar-refractivity contribution in [2.45, 2.75) is 26.4 Å². The minimum atomic E-state index is -0.464. The van der Waals surface area contributed by atoms with Crippen molar-refractivity contribution in [3.8, 4) is 0 Å². The number of carbonyl (C=O) groups is 1. The van der Waals surface area contributed by atoms with Crippen LogP contribution >= 0.6 is 0 Å². The number of carbonyl (C=O) groups excluding carboxylic acids is 1. The molecule has 0 atom stereocenters. The second kappa shape index (κ2) is 6.86. The Balaban J connectivity index is 1.89. The highest BCUT2D eigenvalue weighted by Crippen LogP contribution is 2.10. The zero-order chi connectivity index (χ0) is 14.4. The summed E-state index contributed by atoms with van der Waals surface area (Å²) in [6, 6.07) is 7.39. The Kier molecular flexibility index (Phi) is 4.90. The van der Waals surface area contributed by atoms with Crippen LogP contribution in [0.25, 0.3) is 0 Å². The van der Waals surface area contributed by atoms with E-state index in [1.807, 2.05) is 6.07 Å².